The first-order valence-electron chi connectivity index (χ1n) is 11.4. The third-order valence-electron chi connectivity index (χ3n) is 5.48. The lowest BCUT2D eigenvalue weighted by atomic mass is 10.0. The van der Waals surface area contributed by atoms with Crippen LogP contribution < -0.4 is 27.8 Å². The maximum atomic E-state index is 12.9. The van der Waals surface area contributed by atoms with Crippen LogP contribution in [0.25, 0.3) is 0 Å². The van der Waals surface area contributed by atoms with Crippen molar-refractivity contribution in [1.82, 2.24) is 15.5 Å². The van der Waals surface area contributed by atoms with Crippen molar-refractivity contribution in [3.05, 3.63) is 0 Å². The molecule has 9 N–H and O–H groups in total. The van der Waals surface area contributed by atoms with E-state index in [0.29, 0.717) is 45.2 Å². The molecule has 1 heterocycles. The van der Waals surface area contributed by atoms with Gasteiger partial charge in [-0.1, -0.05) is 13.8 Å². The predicted octanol–water partition coefficient (Wildman–Crippen LogP) is -1.59. The number of carbonyl (C=O) groups excluding carboxylic acids is 4. The van der Waals surface area contributed by atoms with Crippen molar-refractivity contribution in [2.45, 2.75) is 83.0 Å². The summed E-state index contributed by atoms with van der Waals surface area (Å²) in [6.07, 6.45) is 2.15. The number of hydrogen-bond acceptors (Lipinski definition) is 7. The Kier molecular flexibility index (Phi) is 11.8. The molecule has 1 saturated heterocycles. The van der Waals surface area contributed by atoms with E-state index in [0.717, 1.165) is 0 Å². The number of nitrogens with one attached hydrogen (secondary N) is 2. The minimum Gasteiger partial charge on any atom is -0.480 e. The number of likely N-dealkylation sites (tertiary alicyclic amines) is 1. The largest absolute Gasteiger partial charge is 0.480 e. The van der Waals surface area contributed by atoms with Crippen molar-refractivity contribution >= 4 is 29.6 Å². The molecule has 33 heavy (non-hydrogen) atoms. The van der Waals surface area contributed by atoms with Gasteiger partial charge in [-0.15, -0.1) is 0 Å². The van der Waals surface area contributed by atoms with Gasteiger partial charge in [0.1, 0.15) is 18.1 Å². The van der Waals surface area contributed by atoms with E-state index >= 15 is 0 Å². The minimum atomic E-state index is -1.37. The molecule has 188 valence electrons. The van der Waals surface area contributed by atoms with Gasteiger partial charge < -0.3 is 37.8 Å². The number of carboxylic acid groups (broad SMARTS) is 1. The molecular weight excluding hydrogens is 432 g/mol. The normalized spacial score (nSPS) is 18.5. The monoisotopic (exact) mass is 470 g/mol. The first-order valence-corrected chi connectivity index (χ1v) is 11.4. The van der Waals surface area contributed by atoms with E-state index in [1.807, 2.05) is 13.8 Å². The van der Waals surface area contributed by atoms with Crippen molar-refractivity contribution in [2.24, 2.45) is 23.1 Å². The molecule has 0 saturated carbocycles. The van der Waals surface area contributed by atoms with Crippen LogP contribution in [-0.4, -0.2) is 76.9 Å². The van der Waals surface area contributed by atoms with Gasteiger partial charge in [-0.05, 0) is 51.0 Å². The van der Waals surface area contributed by atoms with Gasteiger partial charge in [0.25, 0.3) is 0 Å². The average molecular weight is 471 g/mol. The third kappa shape index (κ3) is 9.34. The Morgan fingerprint density at radius 3 is 2.30 bits per heavy atom. The van der Waals surface area contributed by atoms with Crippen LogP contribution in [0.2, 0.25) is 0 Å². The number of carboxylic acids is 1. The molecule has 0 bridgehead atoms. The van der Waals surface area contributed by atoms with Crippen LogP contribution in [0.4, 0.5) is 0 Å². The lowest BCUT2D eigenvalue weighted by Crippen LogP contribution is -2.57. The minimum absolute atomic E-state index is 0.147. The first-order chi connectivity index (χ1) is 15.5. The van der Waals surface area contributed by atoms with Crippen LogP contribution in [0.3, 0.4) is 0 Å². The highest BCUT2D eigenvalue weighted by Crippen LogP contribution is 2.20. The zero-order valence-corrected chi connectivity index (χ0v) is 19.4. The number of unbranched alkanes of at least 4 members (excludes halogenated alkanes) is 1. The third-order valence-corrected chi connectivity index (χ3v) is 5.48. The summed E-state index contributed by atoms with van der Waals surface area (Å²) >= 11 is 0. The van der Waals surface area contributed by atoms with Gasteiger partial charge in [-0.2, -0.15) is 0 Å². The molecule has 0 aromatic carbocycles. The maximum absolute atomic E-state index is 12.9. The van der Waals surface area contributed by atoms with Gasteiger partial charge in [-0.3, -0.25) is 19.2 Å². The summed E-state index contributed by atoms with van der Waals surface area (Å²) in [6, 6.07) is -4.14. The highest BCUT2D eigenvalue weighted by molar-refractivity contribution is 5.96. The van der Waals surface area contributed by atoms with Gasteiger partial charge in [0.2, 0.25) is 23.6 Å². The second-order valence-electron chi connectivity index (χ2n) is 8.84. The first kappa shape index (κ1) is 28.3. The van der Waals surface area contributed by atoms with Gasteiger partial charge >= 0.3 is 5.97 Å². The maximum Gasteiger partial charge on any atom is 0.326 e. The molecule has 12 nitrogen and oxygen atoms in total. The van der Waals surface area contributed by atoms with Crippen molar-refractivity contribution in [1.29, 1.82) is 0 Å². The van der Waals surface area contributed by atoms with Gasteiger partial charge in [0.15, 0.2) is 0 Å². The van der Waals surface area contributed by atoms with E-state index in [-0.39, 0.29) is 18.2 Å². The standard InChI is InChI=1S/C21H38N6O6/c1-12(2)10-13(23)20(31)27-9-5-7-16(27)19(30)26-15(11-17(24)28)18(29)25-14(21(32)33)6-3-4-8-22/h12-16H,3-11,22-23H2,1-2H3,(H2,24,28)(H,25,29)(H,26,30)(H,32,33). The van der Waals surface area contributed by atoms with E-state index < -0.39 is 54.3 Å². The summed E-state index contributed by atoms with van der Waals surface area (Å²) < 4.78 is 0. The number of amides is 4. The molecule has 1 aliphatic rings. The van der Waals surface area contributed by atoms with Crippen LogP contribution in [0.1, 0.15) is 58.8 Å². The van der Waals surface area contributed by atoms with Crippen LogP contribution in [0.15, 0.2) is 0 Å². The van der Waals surface area contributed by atoms with Crippen molar-refractivity contribution in [3.8, 4) is 0 Å². The summed E-state index contributed by atoms with van der Waals surface area (Å²) in [4.78, 5) is 62.7. The molecule has 12 heteroatoms. The second kappa shape index (κ2) is 13.7. The molecule has 0 aliphatic carbocycles. The number of carbonyl (C=O) groups is 5. The van der Waals surface area contributed by atoms with Gasteiger partial charge in [0.05, 0.1) is 12.5 Å². The molecule has 4 unspecified atom stereocenters. The average Bonchev–Trinajstić information content (AvgIpc) is 3.20. The molecule has 4 atom stereocenters. The number of aliphatic carboxylic acids is 1. The van der Waals surface area contributed by atoms with Crippen LogP contribution in [0.5, 0.6) is 0 Å². The summed E-state index contributed by atoms with van der Waals surface area (Å²) in [5, 5.41) is 14.2. The van der Waals surface area contributed by atoms with Crippen LogP contribution >= 0.6 is 0 Å². The van der Waals surface area contributed by atoms with E-state index in [9.17, 15) is 29.1 Å². The number of nitrogens with two attached hydrogens (primary N) is 3. The fourth-order valence-electron chi connectivity index (χ4n) is 3.83. The Hall–Kier alpha value is -2.73. The van der Waals surface area contributed by atoms with Crippen molar-refractivity contribution < 1.29 is 29.1 Å². The zero-order chi connectivity index (χ0) is 25.1. The predicted molar refractivity (Wildman–Crippen MR) is 120 cm³/mol. The number of primary amides is 1. The fourth-order valence-corrected chi connectivity index (χ4v) is 3.83. The second-order valence-corrected chi connectivity index (χ2v) is 8.84. The lowest BCUT2D eigenvalue weighted by Gasteiger charge is -2.29. The quantitative estimate of drug-likeness (QED) is 0.162. The van der Waals surface area contributed by atoms with Gasteiger partial charge in [-0.25, -0.2) is 4.79 Å². The van der Waals surface area contributed by atoms with E-state index in [2.05, 4.69) is 10.6 Å². The van der Waals surface area contributed by atoms with Crippen molar-refractivity contribution in [3.63, 3.8) is 0 Å². The van der Waals surface area contributed by atoms with E-state index in [1.165, 1.54) is 4.90 Å². The Bertz CT molecular complexity index is 715. The Morgan fingerprint density at radius 2 is 1.76 bits per heavy atom. The number of nitrogens with zero attached hydrogens (tertiary/aromatic N) is 1. The molecule has 1 rings (SSSR count). The molecule has 1 aliphatic heterocycles. The topological polar surface area (TPSA) is 211 Å². The summed E-state index contributed by atoms with van der Waals surface area (Å²) in [7, 11) is 0. The molecule has 0 aromatic heterocycles. The smallest absolute Gasteiger partial charge is 0.326 e. The van der Waals surface area contributed by atoms with Gasteiger partial charge in [0, 0.05) is 6.54 Å². The summed E-state index contributed by atoms with van der Waals surface area (Å²) in [5.74, 6) is -3.68. The SMILES string of the molecule is CC(C)CC(N)C(=O)N1CCCC1C(=O)NC(CC(N)=O)C(=O)NC(CCCCN)C(=O)O. The molecule has 4 amide bonds. The highest BCUT2D eigenvalue weighted by Gasteiger charge is 2.38. The molecule has 0 spiro atoms. The number of rotatable bonds is 14. The van der Waals surface area contributed by atoms with E-state index in [4.69, 9.17) is 17.2 Å². The van der Waals surface area contributed by atoms with Crippen molar-refractivity contribution in [2.75, 3.05) is 13.1 Å². The summed E-state index contributed by atoms with van der Waals surface area (Å²) in [6.45, 7) is 4.62. The van der Waals surface area contributed by atoms with Crippen LogP contribution in [-0.2, 0) is 24.0 Å². The molecular formula is C21H38N6O6. The zero-order valence-electron chi connectivity index (χ0n) is 19.4. The summed E-state index contributed by atoms with van der Waals surface area (Å²) in [5.41, 5.74) is 16.6. The number of hydrogen-bond donors (Lipinski definition) is 6. The molecule has 1 fully saturated rings. The fraction of sp³-hybridized carbons (Fsp3) is 0.762. The van der Waals surface area contributed by atoms with E-state index in [1.54, 1.807) is 0 Å². The Labute approximate surface area is 194 Å². The Morgan fingerprint density at radius 1 is 1.09 bits per heavy atom. The highest BCUT2D eigenvalue weighted by atomic mass is 16.4. The van der Waals surface area contributed by atoms with Crippen LogP contribution in [0, 0.1) is 5.92 Å². The lowest BCUT2D eigenvalue weighted by molar-refractivity contribution is -0.143. The molecule has 0 aromatic rings. The Balaban J connectivity index is 2.88. The molecule has 0 radical (unpaired) electrons.